The van der Waals surface area contributed by atoms with E-state index in [1.165, 1.54) is 31.0 Å². The van der Waals surface area contributed by atoms with Crippen molar-refractivity contribution in [1.82, 2.24) is 0 Å². The summed E-state index contributed by atoms with van der Waals surface area (Å²) in [7, 11) is 0. The van der Waals surface area contributed by atoms with Crippen LogP contribution in [-0.2, 0) is 0 Å². The zero-order chi connectivity index (χ0) is 5.11. The van der Waals surface area contributed by atoms with Crippen molar-refractivity contribution >= 4 is 16.0 Å². The average Bonchev–Trinajstić information content (AvgIpc) is 2.14. The fourth-order valence-corrected chi connectivity index (χ4v) is 1.88. The monoisotopic (exact) mass is 163 g/mol. The van der Waals surface area contributed by atoms with Gasteiger partial charge in [-0.05, 0) is 0 Å². The molecule has 0 atom stereocenters. The summed E-state index contributed by atoms with van der Waals surface area (Å²) in [5, 5.41) is 1.29. The quantitative estimate of drug-likeness (QED) is 0.515. The molecule has 0 N–H and O–H groups in total. The summed E-state index contributed by atoms with van der Waals surface area (Å²) in [5.74, 6) is 1.04. The Labute approximate surface area is 53.5 Å². The van der Waals surface area contributed by atoms with Gasteiger partial charge in [-0.15, -0.1) is 0 Å². The maximum atomic E-state index is 3.08. The molecule has 1 rings (SSSR count). The molecule has 0 amide bonds. The Balaban J connectivity index is 2.14. The molecule has 1 aliphatic carbocycles. The van der Waals surface area contributed by atoms with Crippen LogP contribution in [0, 0.1) is 5.92 Å². The molecule has 0 aromatic carbocycles. The van der Waals surface area contributed by atoms with Gasteiger partial charge < -0.3 is 0 Å². The van der Waals surface area contributed by atoms with E-state index in [9.17, 15) is 0 Å². The zero-order valence-corrected chi connectivity index (χ0v) is 6.23. The summed E-state index contributed by atoms with van der Waals surface area (Å²) in [6.07, 6.45) is 5.92. The second-order valence-corrected chi connectivity index (χ2v) is 3.02. The van der Waals surface area contributed by atoms with Crippen LogP contribution >= 0.6 is 0 Å². The van der Waals surface area contributed by atoms with Gasteiger partial charge in [0.1, 0.15) is 0 Å². The zero-order valence-electron chi connectivity index (χ0n) is 4.52. The van der Waals surface area contributed by atoms with Crippen molar-refractivity contribution in [3.8, 4) is 0 Å². The van der Waals surface area contributed by atoms with Crippen molar-refractivity contribution in [3.05, 3.63) is 0 Å². The van der Waals surface area contributed by atoms with Crippen LogP contribution in [0.4, 0.5) is 0 Å². The van der Waals surface area contributed by atoms with Gasteiger partial charge in [-0.1, -0.05) is 0 Å². The Hall–Kier alpha value is 0.519. The molecule has 0 aromatic heterocycles. The molecule has 0 saturated heterocycles. The van der Waals surface area contributed by atoms with E-state index in [0.717, 1.165) is 5.92 Å². The van der Waals surface area contributed by atoms with Crippen LogP contribution in [0.3, 0.4) is 0 Å². The van der Waals surface area contributed by atoms with Crippen molar-refractivity contribution < 1.29 is 0 Å². The third-order valence-corrected chi connectivity index (χ3v) is 2.70. The van der Waals surface area contributed by atoms with Crippen molar-refractivity contribution in [2.75, 3.05) is 0 Å². The molecule has 0 heterocycles. The molecule has 1 fully saturated rings. The van der Waals surface area contributed by atoms with E-state index in [2.05, 4.69) is 16.0 Å². The topological polar surface area (TPSA) is 0 Å². The van der Waals surface area contributed by atoms with E-state index in [1.54, 1.807) is 0 Å². The Kier molecular flexibility index (Phi) is 2.21. The second-order valence-electron chi connectivity index (χ2n) is 2.32. The van der Waals surface area contributed by atoms with Crippen LogP contribution < -0.4 is 0 Å². The number of hydrogen-bond acceptors (Lipinski definition) is 0. The van der Waals surface area contributed by atoms with Crippen LogP contribution in [0.25, 0.3) is 0 Å². The van der Waals surface area contributed by atoms with Gasteiger partial charge in [-0.2, -0.15) is 0 Å². The van der Waals surface area contributed by atoms with Crippen LogP contribution in [0.2, 0.25) is 5.32 Å². The van der Waals surface area contributed by atoms with Crippen molar-refractivity contribution in [2.24, 2.45) is 5.92 Å². The molecule has 0 spiro atoms. The van der Waals surface area contributed by atoms with E-state index in [4.69, 9.17) is 0 Å². The number of rotatable bonds is 1. The molecular weight excluding hydrogens is 151 g/mol. The van der Waals surface area contributed by atoms with Crippen molar-refractivity contribution in [2.45, 2.75) is 31.0 Å². The van der Waals surface area contributed by atoms with Crippen LogP contribution in [0.15, 0.2) is 0 Å². The summed E-state index contributed by atoms with van der Waals surface area (Å²) in [5.41, 5.74) is 0. The minimum absolute atomic E-state index is 1.04. The molecule has 0 aliphatic heterocycles. The summed E-state index contributed by atoms with van der Waals surface area (Å²) in [4.78, 5) is 0. The molecule has 1 radical (unpaired) electrons. The van der Waals surface area contributed by atoms with Gasteiger partial charge in [0.2, 0.25) is 0 Å². The molecule has 0 unspecified atom stereocenters. The van der Waals surface area contributed by atoms with E-state index in [0.29, 0.717) is 0 Å². The predicted molar refractivity (Wildman–Crippen MR) is 32.5 cm³/mol. The molecule has 0 aromatic rings. The van der Waals surface area contributed by atoms with Crippen molar-refractivity contribution in [1.29, 1.82) is 0 Å². The van der Waals surface area contributed by atoms with E-state index < -0.39 is 0 Å². The molecule has 0 bridgehead atoms. The third-order valence-electron chi connectivity index (χ3n) is 1.71. The number of hydrogen-bond donors (Lipinski definition) is 0. The fourth-order valence-electron chi connectivity index (χ4n) is 1.18. The van der Waals surface area contributed by atoms with Gasteiger partial charge in [0.05, 0.1) is 0 Å². The molecule has 0 nitrogen and oxygen atoms in total. The van der Waals surface area contributed by atoms with Gasteiger partial charge in [0.15, 0.2) is 0 Å². The molecule has 1 saturated carbocycles. The van der Waals surface area contributed by atoms with Gasteiger partial charge in [0.25, 0.3) is 0 Å². The Morgan fingerprint density at radius 1 is 1.29 bits per heavy atom. The molecule has 41 valence electrons. The normalized spacial score (nSPS) is 23.6. The molecule has 7 heavy (non-hydrogen) atoms. The minimum atomic E-state index is 1.04. The van der Waals surface area contributed by atoms with Crippen LogP contribution in [0.1, 0.15) is 25.7 Å². The summed E-state index contributed by atoms with van der Waals surface area (Å²) < 4.78 is 0. The van der Waals surface area contributed by atoms with Gasteiger partial charge >= 0.3 is 52.9 Å². The summed E-state index contributed by atoms with van der Waals surface area (Å²) >= 11 is 3.08. The summed E-state index contributed by atoms with van der Waals surface area (Å²) in [6, 6.07) is 0. The van der Waals surface area contributed by atoms with Gasteiger partial charge in [-0.3, -0.25) is 0 Å². The molecule has 1 aliphatic rings. The first-order valence-corrected chi connectivity index (χ1v) is 4.22. The first-order chi connectivity index (χ1) is 3.43. The Morgan fingerprint density at radius 2 is 1.86 bits per heavy atom. The third kappa shape index (κ3) is 1.47. The fraction of sp³-hybridized carbons (Fsp3) is 1.00. The standard InChI is InChI=1S/C6H11Se/c7-5-6-3-1-2-4-6/h6H,1-5H2. The first-order valence-electron chi connectivity index (χ1n) is 3.01. The molecule has 1 heteroatoms. The average molecular weight is 162 g/mol. The van der Waals surface area contributed by atoms with Crippen molar-refractivity contribution in [3.63, 3.8) is 0 Å². The molecular formula is C6H11Se. The Morgan fingerprint density at radius 3 is 2.14 bits per heavy atom. The van der Waals surface area contributed by atoms with Crippen LogP contribution in [0.5, 0.6) is 0 Å². The predicted octanol–water partition coefficient (Wildman–Crippen LogP) is 1.76. The van der Waals surface area contributed by atoms with E-state index in [1.807, 2.05) is 0 Å². The van der Waals surface area contributed by atoms with Crippen LogP contribution in [-0.4, -0.2) is 16.0 Å². The van der Waals surface area contributed by atoms with E-state index >= 15 is 0 Å². The first kappa shape index (κ1) is 5.65. The SMILES string of the molecule is [Se]CC1CCCC1. The van der Waals surface area contributed by atoms with E-state index in [-0.39, 0.29) is 0 Å². The second kappa shape index (κ2) is 2.74. The Bertz CT molecular complexity index is 46.1. The van der Waals surface area contributed by atoms with Gasteiger partial charge in [0, 0.05) is 0 Å². The van der Waals surface area contributed by atoms with Gasteiger partial charge in [-0.25, -0.2) is 0 Å². The summed E-state index contributed by atoms with van der Waals surface area (Å²) in [6.45, 7) is 0. The maximum absolute atomic E-state index is 3.08.